The number of nitrogens with zero attached hydrogens (tertiary/aromatic N) is 1. The number of aromatic nitrogens is 1. The first-order valence-electron chi connectivity index (χ1n) is 5.64. The largest absolute Gasteiger partial charge is 0.481 e. The molecule has 0 spiro atoms. The minimum atomic E-state index is -0.707. The molecule has 96 valence electrons. The van der Waals surface area contributed by atoms with Crippen LogP contribution >= 0.6 is 0 Å². The van der Waals surface area contributed by atoms with Crippen LogP contribution in [0.5, 0.6) is 5.88 Å². The zero-order valence-corrected chi connectivity index (χ0v) is 11.4. The molecule has 0 saturated carbocycles. The molecule has 1 aromatic rings. The Balaban J connectivity index is 2.31. The van der Waals surface area contributed by atoms with E-state index in [4.69, 9.17) is 4.74 Å². The van der Waals surface area contributed by atoms with Gasteiger partial charge in [-0.15, -0.1) is 0 Å². The molecule has 5 heteroatoms. The average molecular weight is 256 g/mol. The second-order valence-corrected chi connectivity index (χ2v) is 5.61. The van der Waals surface area contributed by atoms with Crippen LogP contribution in [0, 0.1) is 0 Å². The Hall–Kier alpha value is -0.940. The highest BCUT2D eigenvalue weighted by Crippen LogP contribution is 2.06. The van der Waals surface area contributed by atoms with Crippen LogP contribution in [0.1, 0.15) is 18.9 Å². The number of rotatable bonds is 7. The molecule has 1 N–H and O–H groups in total. The average Bonchev–Trinajstić information content (AvgIpc) is 2.34. The maximum Gasteiger partial charge on any atom is 0.212 e. The topological polar surface area (TPSA) is 51.2 Å². The normalized spacial score (nSPS) is 14.3. The van der Waals surface area contributed by atoms with Gasteiger partial charge in [-0.2, -0.15) is 0 Å². The molecule has 2 unspecified atom stereocenters. The standard InChI is InChI=1S/C12H20N2O2S/c1-10(6-7-17(3)15)13-8-11-4-5-12(16-2)14-9-11/h4-5,9-10,13H,6-8H2,1-3H3. The highest BCUT2D eigenvalue weighted by molar-refractivity contribution is 7.84. The van der Waals surface area contributed by atoms with Crippen molar-refractivity contribution in [3.8, 4) is 5.88 Å². The lowest BCUT2D eigenvalue weighted by atomic mass is 10.2. The summed E-state index contributed by atoms with van der Waals surface area (Å²) in [5, 5.41) is 3.38. The number of ether oxygens (including phenoxy) is 1. The quantitative estimate of drug-likeness (QED) is 0.800. The van der Waals surface area contributed by atoms with Gasteiger partial charge in [0.25, 0.3) is 0 Å². The van der Waals surface area contributed by atoms with E-state index in [9.17, 15) is 4.21 Å². The van der Waals surface area contributed by atoms with Crippen molar-refractivity contribution in [1.82, 2.24) is 10.3 Å². The van der Waals surface area contributed by atoms with Gasteiger partial charge in [0.2, 0.25) is 5.88 Å². The number of nitrogens with one attached hydrogen (secondary N) is 1. The van der Waals surface area contributed by atoms with Crippen LogP contribution in [0.4, 0.5) is 0 Å². The Labute approximate surface area is 105 Å². The predicted molar refractivity (Wildman–Crippen MR) is 70.6 cm³/mol. The maximum atomic E-state index is 11.0. The monoisotopic (exact) mass is 256 g/mol. The summed E-state index contributed by atoms with van der Waals surface area (Å²) in [4.78, 5) is 4.14. The van der Waals surface area contributed by atoms with Crippen LogP contribution in [0.15, 0.2) is 18.3 Å². The van der Waals surface area contributed by atoms with E-state index < -0.39 is 10.8 Å². The fraction of sp³-hybridized carbons (Fsp3) is 0.583. The van der Waals surface area contributed by atoms with Gasteiger partial charge in [0.15, 0.2) is 0 Å². The molecule has 2 atom stereocenters. The zero-order valence-electron chi connectivity index (χ0n) is 10.6. The number of hydrogen-bond acceptors (Lipinski definition) is 4. The molecule has 0 aliphatic rings. The molecule has 0 saturated heterocycles. The number of pyridine rings is 1. The number of hydrogen-bond donors (Lipinski definition) is 1. The first-order chi connectivity index (χ1) is 8.11. The molecule has 0 aliphatic heterocycles. The van der Waals surface area contributed by atoms with Gasteiger partial charge in [0.05, 0.1) is 7.11 Å². The van der Waals surface area contributed by atoms with Crippen LogP contribution in [-0.2, 0) is 17.3 Å². The Morgan fingerprint density at radius 2 is 2.29 bits per heavy atom. The minimum absolute atomic E-state index is 0.362. The highest BCUT2D eigenvalue weighted by atomic mass is 32.2. The molecule has 17 heavy (non-hydrogen) atoms. The molecule has 1 rings (SSSR count). The maximum absolute atomic E-state index is 11.0. The van der Waals surface area contributed by atoms with Crippen molar-refractivity contribution < 1.29 is 8.95 Å². The summed E-state index contributed by atoms with van der Waals surface area (Å²) in [6.45, 7) is 2.87. The van der Waals surface area contributed by atoms with Crippen molar-refractivity contribution in [3.63, 3.8) is 0 Å². The van der Waals surface area contributed by atoms with E-state index in [1.807, 2.05) is 12.1 Å². The van der Waals surface area contributed by atoms with Gasteiger partial charge in [0.1, 0.15) is 0 Å². The van der Waals surface area contributed by atoms with Crippen molar-refractivity contribution in [2.24, 2.45) is 0 Å². The van der Waals surface area contributed by atoms with E-state index in [1.54, 1.807) is 19.6 Å². The lowest BCUT2D eigenvalue weighted by Crippen LogP contribution is -2.27. The van der Waals surface area contributed by atoms with Gasteiger partial charge in [-0.25, -0.2) is 4.98 Å². The molecule has 1 heterocycles. The van der Waals surface area contributed by atoms with E-state index in [0.29, 0.717) is 11.9 Å². The summed E-state index contributed by atoms with van der Waals surface area (Å²) >= 11 is 0. The van der Waals surface area contributed by atoms with E-state index in [0.717, 1.165) is 24.3 Å². The van der Waals surface area contributed by atoms with Gasteiger partial charge >= 0.3 is 0 Å². The third-order valence-electron chi connectivity index (χ3n) is 2.50. The van der Waals surface area contributed by atoms with E-state index >= 15 is 0 Å². The summed E-state index contributed by atoms with van der Waals surface area (Å²) in [6.07, 6.45) is 4.46. The fourth-order valence-electron chi connectivity index (χ4n) is 1.37. The van der Waals surface area contributed by atoms with Gasteiger partial charge in [-0.3, -0.25) is 4.21 Å². The van der Waals surface area contributed by atoms with E-state index in [-0.39, 0.29) is 0 Å². The predicted octanol–water partition coefficient (Wildman–Crippen LogP) is 1.34. The van der Waals surface area contributed by atoms with Crippen molar-refractivity contribution in [2.75, 3.05) is 19.1 Å². The van der Waals surface area contributed by atoms with Crippen LogP contribution in [-0.4, -0.2) is 34.4 Å². The summed E-state index contributed by atoms with van der Waals surface area (Å²) < 4.78 is 15.9. The smallest absolute Gasteiger partial charge is 0.212 e. The lowest BCUT2D eigenvalue weighted by molar-refractivity contribution is 0.397. The Morgan fingerprint density at radius 3 is 2.82 bits per heavy atom. The number of methoxy groups -OCH3 is 1. The highest BCUT2D eigenvalue weighted by Gasteiger charge is 2.03. The summed E-state index contributed by atoms with van der Waals surface area (Å²) in [5.41, 5.74) is 1.12. The molecule has 0 bridgehead atoms. The first-order valence-corrected chi connectivity index (χ1v) is 7.37. The van der Waals surface area contributed by atoms with Gasteiger partial charge in [0, 0.05) is 47.7 Å². The third-order valence-corrected chi connectivity index (χ3v) is 3.31. The van der Waals surface area contributed by atoms with Gasteiger partial charge in [-0.05, 0) is 18.9 Å². The van der Waals surface area contributed by atoms with Crippen molar-refractivity contribution in [3.05, 3.63) is 23.9 Å². The van der Waals surface area contributed by atoms with E-state index in [2.05, 4.69) is 17.2 Å². The molecule has 0 fully saturated rings. The Bertz CT molecular complexity index is 354. The molecular formula is C12H20N2O2S. The van der Waals surface area contributed by atoms with Crippen molar-refractivity contribution in [1.29, 1.82) is 0 Å². The van der Waals surface area contributed by atoms with Crippen LogP contribution in [0.3, 0.4) is 0 Å². The Morgan fingerprint density at radius 1 is 1.53 bits per heavy atom. The summed E-state index contributed by atoms with van der Waals surface area (Å²) in [6, 6.07) is 4.20. The third kappa shape index (κ3) is 5.79. The minimum Gasteiger partial charge on any atom is -0.481 e. The van der Waals surface area contributed by atoms with E-state index in [1.165, 1.54) is 0 Å². The van der Waals surface area contributed by atoms with Crippen molar-refractivity contribution >= 4 is 10.8 Å². The summed E-state index contributed by atoms with van der Waals surface area (Å²) in [5.74, 6) is 1.37. The molecule has 0 aromatic carbocycles. The van der Waals surface area contributed by atoms with Crippen LogP contribution in [0.25, 0.3) is 0 Å². The Kier molecular flexibility index (Phi) is 6.15. The SMILES string of the molecule is COc1ccc(CNC(C)CCS(C)=O)cn1. The van der Waals surface area contributed by atoms with Gasteiger partial charge in [-0.1, -0.05) is 6.07 Å². The molecule has 1 aromatic heterocycles. The van der Waals surface area contributed by atoms with Gasteiger partial charge < -0.3 is 10.1 Å². The molecular weight excluding hydrogens is 236 g/mol. The second-order valence-electron chi connectivity index (χ2n) is 4.06. The molecule has 0 aliphatic carbocycles. The zero-order chi connectivity index (χ0) is 12.7. The first kappa shape index (κ1) is 14.1. The molecule has 0 radical (unpaired) electrons. The van der Waals surface area contributed by atoms with Crippen LogP contribution < -0.4 is 10.1 Å². The summed E-state index contributed by atoms with van der Waals surface area (Å²) in [7, 11) is 0.897. The lowest BCUT2D eigenvalue weighted by Gasteiger charge is -2.12. The fourth-order valence-corrected chi connectivity index (χ4v) is 2.06. The van der Waals surface area contributed by atoms with Crippen LogP contribution in [0.2, 0.25) is 0 Å². The van der Waals surface area contributed by atoms with Crippen molar-refractivity contribution in [2.45, 2.75) is 25.9 Å². The molecule has 4 nitrogen and oxygen atoms in total. The second kappa shape index (κ2) is 7.40. The molecule has 0 amide bonds.